The van der Waals surface area contributed by atoms with Crippen molar-refractivity contribution in [3.8, 4) is 0 Å². The van der Waals surface area contributed by atoms with Crippen LogP contribution in [0.2, 0.25) is 5.02 Å². The lowest BCUT2D eigenvalue weighted by atomic mass is 10.1. The fourth-order valence-corrected chi connectivity index (χ4v) is 2.48. The first-order valence-corrected chi connectivity index (χ1v) is 6.45. The number of benzene rings is 1. The number of hydrogen-bond donors (Lipinski definition) is 1. The molecule has 1 unspecified atom stereocenters. The van der Waals surface area contributed by atoms with Crippen molar-refractivity contribution in [2.75, 3.05) is 0 Å². The lowest BCUT2D eigenvalue weighted by molar-refractivity contribution is 0.469. The number of aromatic nitrogens is 2. The van der Waals surface area contributed by atoms with Crippen LogP contribution in [-0.4, -0.2) is 9.78 Å². The van der Waals surface area contributed by atoms with Crippen LogP contribution >= 0.6 is 11.6 Å². The summed E-state index contributed by atoms with van der Waals surface area (Å²) in [5, 5.41) is 8.52. The summed E-state index contributed by atoms with van der Waals surface area (Å²) in [6, 6.07) is 10.4. The van der Waals surface area contributed by atoms with Crippen LogP contribution in [0.25, 0.3) is 0 Å². The molecule has 0 spiro atoms. The molecule has 0 saturated carbocycles. The fourth-order valence-electron chi connectivity index (χ4n) is 2.19. The molecule has 1 heterocycles. The van der Waals surface area contributed by atoms with Crippen LogP contribution < -0.4 is 5.32 Å². The van der Waals surface area contributed by atoms with E-state index in [-0.39, 0.29) is 12.1 Å². The van der Waals surface area contributed by atoms with Crippen molar-refractivity contribution in [3.05, 3.63) is 52.8 Å². The molecule has 18 heavy (non-hydrogen) atoms. The predicted octanol–water partition coefficient (Wildman–Crippen LogP) is 3.49. The van der Waals surface area contributed by atoms with Gasteiger partial charge in [0.05, 0.1) is 5.69 Å². The SMILES string of the molecule is CC(N[C@H](C)c1ccccc1Cl)c1ccnn1C. The zero-order valence-corrected chi connectivity index (χ0v) is 11.6. The van der Waals surface area contributed by atoms with E-state index in [9.17, 15) is 0 Å². The molecule has 0 aliphatic carbocycles. The maximum absolute atomic E-state index is 6.20. The zero-order chi connectivity index (χ0) is 13.1. The van der Waals surface area contributed by atoms with E-state index in [4.69, 9.17) is 11.6 Å². The van der Waals surface area contributed by atoms with Gasteiger partial charge in [-0.1, -0.05) is 29.8 Å². The molecule has 0 fully saturated rings. The van der Waals surface area contributed by atoms with Gasteiger partial charge in [-0.2, -0.15) is 5.10 Å². The Morgan fingerprint density at radius 1 is 1.17 bits per heavy atom. The predicted molar refractivity (Wildman–Crippen MR) is 74.6 cm³/mol. The third-order valence-corrected chi connectivity index (χ3v) is 3.52. The first kappa shape index (κ1) is 13.1. The number of aryl methyl sites for hydroxylation is 1. The summed E-state index contributed by atoms with van der Waals surface area (Å²) < 4.78 is 1.89. The van der Waals surface area contributed by atoms with Gasteiger partial charge in [0.25, 0.3) is 0 Å². The third-order valence-electron chi connectivity index (χ3n) is 3.17. The number of nitrogens with zero attached hydrogens (tertiary/aromatic N) is 2. The van der Waals surface area contributed by atoms with Crippen molar-refractivity contribution in [1.29, 1.82) is 0 Å². The molecule has 1 N–H and O–H groups in total. The van der Waals surface area contributed by atoms with Gasteiger partial charge >= 0.3 is 0 Å². The molecular formula is C14H18ClN3. The maximum atomic E-state index is 6.20. The molecule has 0 bridgehead atoms. The van der Waals surface area contributed by atoms with Crippen LogP contribution in [0.1, 0.15) is 37.2 Å². The van der Waals surface area contributed by atoms with Crippen LogP contribution in [0.15, 0.2) is 36.5 Å². The van der Waals surface area contributed by atoms with E-state index in [1.165, 1.54) is 0 Å². The molecule has 96 valence electrons. The second-order valence-electron chi connectivity index (χ2n) is 4.51. The van der Waals surface area contributed by atoms with Gasteiger partial charge in [-0.05, 0) is 31.5 Å². The van der Waals surface area contributed by atoms with Crippen LogP contribution in [0.4, 0.5) is 0 Å². The third kappa shape index (κ3) is 2.74. The standard InChI is InChI=1S/C14H18ClN3/c1-10(12-6-4-5-7-13(12)15)17-11(2)14-8-9-16-18(14)3/h4-11,17H,1-3H3/t10-,11?/m1/s1. The van der Waals surface area contributed by atoms with E-state index >= 15 is 0 Å². The monoisotopic (exact) mass is 263 g/mol. The topological polar surface area (TPSA) is 29.9 Å². The first-order chi connectivity index (χ1) is 8.59. The Kier molecular flexibility index (Phi) is 4.04. The van der Waals surface area contributed by atoms with Crippen LogP contribution in [0, 0.1) is 0 Å². The Morgan fingerprint density at radius 3 is 2.50 bits per heavy atom. The minimum Gasteiger partial charge on any atom is -0.302 e. The van der Waals surface area contributed by atoms with Gasteiger partial charge in [0.2, 0.25) is 0 Å². The highest BCUT2D eigenvalue weighted by molar-refractivity contribution is 6.31. The van der Waals surface area contributed by atoms with Gasteiger partial charge in [0.1, 0.15) is 0 Å². The van der Waals surface area contributed by atoms with Crippen molar-refractivity contribution >= 4 is 11.6 Å². The van der Waals surface area contributed by atoms with Gasteiger partial charge < -0.3 is 5.32 Å². The summed E-state index contributed by atoms with van der Waals surface area (Å²) in [5.74, 6) is 0. The summed E-state index contributed by atoms with van der Waals surface area (Å²) >= 11 is 6.20. The van der Waals surface area contributed by atoms with Crippen molar-refractivity contribution in [3.63, 3.8) is 0 Å². The highest BCUT2D eigenvalue weighted by Crippen LogP contribution is 2.24. The average Bonchev–Trinajstić information content (AvgIpc) is 2.76. The van der Waals surface area contributed by atoms with Crippen LogP contribution in [0.5, 0.6) is 0 Å². The summed E-state index contributed by atoms with van der Waals surface area (Å²) in [4.78, 5) is 0. The van der Waals surface area contributed by atoms with Crippen LogP contribution in [-0.2, 0) is 7.05 Å². The number of halogens is 1. The van der Waals surface area contributed by atoms with E-state index in [1.807, 2.05) is 42.2 Å². The van der Waals surface area contributed by atoms with Crippen molar-refractivity contribution < 1.29 is 0 Å². The number of rotatable bonds is 4. The molecule has 0 radical (unpaired) electrons. The molecule has 0 aliphatic rings. The summed E-state index contributed by atoms with van der Waals surface area (Å²) in [6.45, 7) is 4.25. The normalized spacial score (nSPS) is 14.4. The van der Waals surface area contributed by atoms with Gasteiger partial charge in [0, 0.05) is 30.4 Å². The molecule has 3 nitrogen and oxygen atoms in total. The molecule has 0 saturated heterocycles. The zero-order valence-electron chi connectivity index (χ0n) is 10.9. The Balaban J connectivity index is 2.11. The molecule has 1 aromatic heterocycles. The largest absolute Gasteiger partial charge is 0.302 e. The first-order valence-electron chi connectivity index (χ1n) is 6.08. The summed E-state index contributed by atoms with van der Waals surface area (Å²) in [7, 11) is 1.95. The van der Waals surface area contributed by atoms with Gasteiger partial charge in [-0.25, -0.2) is 0 Å². The van der Waals surface area contributed by atoms with Crippen LogP contribution in [0.3, 0.4) is 0 Å². The second kappa shape index (κ2) is 5.55. The lowest BCUT2D eigenvalue weighted by Crippen LogP contribution is -2.24. The van der Waals surface area contributed by atoms with Gasteiger partial charge in [0.15, 0.2) is 0 Å². The van der Waals surface area contributed by atoms with Gasteiger partial charge in [-0.3, -0.25) is 4.68 Å². The smallest absolute Gasteiger partial charge is 0.0547 e. The van der Waals surface area contributed by atoms with E-state index in [1.54, 1.807) is 0 Å². The Bertz CT molecular complexity index is 521. The van der Waals surface area contributed by atoms with E-state index < -0.39 is 0 Å². The minimum atomic E-state index is 0.198. The Labute approximate surface area is 113 Å². The lowest BCUT2D eigenvalue weighted by Gasteiger charge is -2.21. The molecule has 0 aliphatic heterocycles. The molecule has 4 heteroatoms. The van der Waals surface area contributed by atoms with E-state index in [0.717, 1.165) is 16.3 Å². The van der Waals surface area contributed by atoms with Crippen molar-refractivity contribution in [1.82, 2.24) is 15.1 Å². The second-order valence-corrected chi connectivity index (χ2v) is 4.92. The molecule has 0 amide bonds. The Morgan fingerprint density at radius 2 is 1.89 bits per heavy atom. The van der Waals surface area contributed by atoms with Crippen molar-refractivity contribution in [2.24, 2.45) is 7.05 Å². The minimum absolute atomic E-state index is 0.198. The molecular weight excluding hydrogens is 246 g/mol. The summed E-state index contributed by atoms with van der Waals surface area (Å²) in [6.07, 6.45) is 1.81. The highest BCUT2D eigenvalue weighted by Gasteiger charge is 2.15. The number of hydrogen-bond acceptors (Lipinski definition) is 2. The van der Waals surface area contributed by atoms with Crippen molar-refractivity contribution in [2.45, 2.75) is 25.9 Å². The van der Waals surface area contributed by atoms with Gasteiger partial charge in [-0.15, -0.1) is 0 Å². The molecule has 2 rings (SSSR count). The Hall–Kier alpha value is -1.32. The highest BCUT2D eigenvalue weighted by atomic mass is 35.5. The molecule has 2 aromatic rings. The molecule has 1 aromatic carbocycles. The molecule has 2 atom stereocenters. The fraction of sp³-hybridized carbons (Fsp3) is 0.357. The number of nitrogens with one attached hydrogen (secondary N) is 1. The maximum Gasteiger partial charge on any atom is 0.0547 e. The van der Waals surface area contributed by atoms with E-state index in [0.29, 0.717) is 0 Å². The average molecular weight is 264 g/mol. The van der Waals surface area contributed by atoms with E-state index in [2.05, 4.69) is 30.3 Å². The summed E-state index contributed by atoms with van der Waals surface area (Å²) in [5.41, 5.74) is 2.28. The quantitative estimate of drug-likeness (QED) is 0.915.